The van der Waals surface area contributed by atoms with Gasteiger partial charge in [-0.3, -0.25) is 4.79 Å². The molecule has 0 aliphatic carbocycles. The van der Waals surface area contributed by atoms with Crippen LogP contribution in [-0.4, -0.2) is 11.8 Å². The van der Waals surface area contributed by atoms with E-state index in [1.54, 1.807) is 37.3 Å². The predicted molar refractivity (Wildman–Crippen MR) is 114 cm³/mol. The van der Waals surface area contributed by atoms with Crippen LogP contribution in [0.5, 0.6) is 11.5 Å². The number of benzene rings is 3. The summed E-state index contributed by atoms with van der Waals surface area (Å²) in [5.41, 5.74) is 3.35. The fourth-order valence-electron chi connectivity index (χ4n) is 3.23. The van der Waals surface area contributed by atoms with Crippen molar-refractivity contribution in [2.24, 2.45) is 0 Å². The second-order valence-electron chi connectivity index (χ2n) is 6.78. The lowest BCUT2D eigenvalue weighted by Crippen LogP contribution is -2.10. The summed E-state index contributed by atoms with van der Waals surface area (Å²) in [5, 5.41) is 0. The van der Waals surface area contributed by atoms with Crippen LogP contribution in [0.15, 0.2) is 70.9 Å². The van der Waals surface area contributed by atoms with Crippen molar-refractivity contribution in [3.63, 3.8) is 0 Å². The number of esters is 1. The molecular weight excluding hydrogens is 432 g/mol. The van der Waals surface area contributed by atoms with Gasteiger partial charge in [0.05, 0.1) is 11.1 Å². The van der Waals surface area contributed by atoms with Crippen LogP contribution in [0.2, 0.25) is 0 Å². The minimum atomic E-state index is -0.448. The van der Waals surface area contributed by atoms with E-state index in [4.69, 9.17) is 9.47 Å². The molecule has 0 aromatic heterocycles. The summed E-state index contributed by atoms with van der Waals surface area (Å²) in [6.07, 6.45) is 1.70. The van der Waals surface area contributed by atoms with Crippen molar-refractivity contribution < 1.29 is 19.1 Å². The van der Waals surface area contributed by atoms with Crippen LogP contribution >= 0.6 is 15.9 Å². The van der Waals surface area contributed by atoms with Gasteiger partial charge in [-0.1, -0.05) is 52.3 Å². The maximum Gasteiger partial charge on any atom is 0.343 e. The van der Waals surface area contributed by atoms with Crippen LogP contribution in [-0.2, 0) is 0 Å². The topological polar surface area (TPSA) is 52.6 Å². The van der Waals surface area contributed by atoms with Crippen LogP contribution in [0.1, 0.15) is 37.4 Å². The van der Waals surface area contributed by atoms with E-state index in [0.29, 0.717) is 28.2 Å². The lowest BCUT2D eigenvalue weighted by molar-refractivity contribution is 0.0733. The average molecular weight is 449 g/mol. The first-order chi connectivity index (χ1) is 13.9. The van der Waals surface area contributed by atoms with E-state index in [9.17, 15) is 9.59 Å². The van der Waals surface area contributed by atoms with E-state index in [-0.39, 0.29) is 11.5 Å². The lowest BCUT2D eigenvalue weighted by Gasteiger charge is -2.09. The Hall–Kier alpha value is -3.18. The zero-order valence-electron chi connectivity index (χ0n) is 15.9. The number of hydrogen-bond donors (Lipinski definition) is 0. The standard InChI is InChI=1S/C24H17BrO4/c1-14-7-3-5-9-18(14)24(27)28-17-11-15(2)22-20(13-17)29-21(23(22)26)12-16-8-4-6-10-19(16)25/h3-13H,1-2H3/b21-12-. The molecule has 1 heterocycles. The molecule has 0 saturated carbocycles. The van der Waals surface area contributed by atoms with E-state index in [1.807, 2.05) is 43.3 Å². The van der Waals surface area contributed by atoms with Gasteiger partial charge in [-0.05, 0) is 54.8 Å². The molecule has 3 aromatic rings. The molecule has 0 unspecified atom stereocenters. The second-order valence-corrected chi connectivity index (χ2v) is 7.63. The van der Waals surface area contributed by atoms with E-state index >= 15 is 0 Å². The molecule has 0 fully saturated rings. The highest BCUT2D eigenvalue weighted by molar-refractivity contribution is 9.10. The normalized spacial score (nSPS) is 13.9. The van der Waals surface area contributed by atoms with Gasteiger partial charge in [-0.15, -0.1) is 0 Å². The zero-order chi connectivity index (χ0) is 20.5. The Labute approximate surface area is 176 Å². The highest BCUT2D eigenvalue weighted by atomic mass is 79.9. The molecule has 0 radical (unpaired) electrons. The van der Waals surface area contributed by atoms with Gasteiger partial charge < -0.3 is 9.47 Å². The molecule has 29 heavy (non-hydrogen) atoms. The van der Waals surface area contributed by atoms with Gasteiger partial charge in [0.25, 0.3) is 0 Å². The molecule has 0 atom stereocenters. The highest BCUT2D eigenvalue weighted by Gasteiger charge is 2.30. The summed E-state index contributed by atoms with van der Waals surface area (Å²) in [6.45, 7) is 3.65. The molecular formula is C24H17BrO4. The predicted octanol–water partition coefficient (Wildman–Crippen LogP) is 5.90. The number of carbonyl (C=O) groups is 2. The fourth-order valence-corrected chi connectivity index (χ4v) is 3.63. The molecule has 4 nitrogen and oxygen atoms in total. The number of ether oxygens (including phenoxy) is 2. The summed E-state index contributed by atoms with van der Waals surface area (Å²) in [7, 11) is 0. The minimum absolute atomic E-state index is 0.190. The smallest absolute Gasteiger partial charge is 0.343 e. The van der Waals surface area contributed by atoms with Crippen molar-refractivity contribution in [2.45, 2.75) is 13.8 Å². The number of hydrogen-bond acceptors (Lipinski definition) is 4. The second kappa shape index (κ2) is 7.68. The molecule has 3 aromatic carbocycles. The number of carbonyl (C=O) groups excluding carboxylic acids is 2. The Kier molecular flexibility index (Phi) is 5.07. The van der Waals surface area contributed by atoms with Crippen LogP contribution in [0.25, 0.3) is 6.08 Å². The van der Waals surface area contributed by atoms with Gasteiger partial charge in [0.15, 0.2) is 5.76 Å². The Balaban J connectivity index is 1.64. The summed E-state index contributed by atoms with van der Waals surface area (Å²) in [6, 6.07) is 18.1. The van der Waals surface area contributed by atoms with Crippen molar-refractivity contribution in [2.75, 3.05) is 0 Å². The number of rotatable bonds is 3. The number of Topliss-reactive ketones (excluding diaryl/α,β-unsaturated/α-hetero) is 1. The number of ketones is 1. The van der Waals surface area contributed by atoms with E-state index in [2.05, 4.69) is 15.9 Å². The van der Waals surface area contributed by atoms with Crippen LogP contribution in [0, 0.1) is 13.8 Å². The molecule has 5 heteroatoms. The first kappa shape index (κ1) is 19.2. The third kappa shape index (κ3) is 3.74. The number of halogens is 1. The van der Waals surface area contributed by atoms with Crippen LogP contribution < -0.4 is 9.47 Å². The van der Waals surface area contributed by atoms with Crippen molar-refractivity contribution in [3.05, 3.63) is 98.7 Å². The Morgan fingerprint density at radius 3 is 2.48 bits per heavy atom. The summed E-state index contributed by atoms with van der Waals surface area (Å²) < 4.78 is 12.2. The number of allylic oxidation sites excluding steroid dienone is 1. The van der Waals surface area contributed by atoms with Crippen molar-refractivity contribution >= 4 is 33.8 Å². The molecule has 1 aliphatic rings. The maximum atomic E-state index is 12.8. The quantitative estimate of drug-likeness (QED) is 0.284. The summed E-state index contributed by atoms with van der Waals surface area (Å²) in [5.74, 6) is 0.323. The average Bonchev–Trinajstić information content (AvgIpc) is 2.99. The van der Waals surface area contributed by atoms with Crippen LogP contribution in [0.3, 0.4) is 0 Å². The fraction of sp³-hybridized carbons (Fsp3) is 0.0833. The molecule has 1 aliphatic heterocycles. The number of fused-ring (bicyclic) bond motifs is 1. The van der Waals surface area contributed by atoms with E-state index in [1.165, 1.54) is 0 Å². The molecule has 0 spiro atoms. The maximum absolute atomic E-state index is 12.8. The Morgan fingerprint density at radius 2 is 1.72 bits per heavy atom. The van der Waals surface area contributed by atoms with Gasteiger partial charge in [0, 0.05) is 10.5 Å². The largest absolute Gasteiger partial charge is 0.452 e. The van der Waals surface area contributed by atoms with Gasteiger partial charge in [0.1, 0.15) is 11.5 Å². The first-order valence-corrected chi connectivity index (χ1v) is 9.84. The van der Waals surface area contributed by atoms with Crippen molar-refractivity contribution in [3.8, 4) is 11.5 Å². The van der Waals surface area contributed by atoms with Crippen LogP contribution in [0.4, 0.5) is 0 Å². The first-order valence-electron chi connectivity index (χ1n) is 9.05. The molecule has 0 amide bonds. The molecule has 144 valence electrons. The molecule has 0 bridgehead atoms. The summed E-state index contributed by atoms with van der Waals surface area (Å²) >= 11 is 3.47. The third-order valence-corrected chi connectivity index (χ3v) is 5.43. The van der Waals surface area contributed by atoms with Gasteiger partial charge in [-0.2, -0.15) is 0 Å². The Bertz CT molecular complexity index is 1180. The lowest BCUT2D eigenvalue weighted by atomic mass is 10.0. The summed E-state index contributed by atoms with van der Waals surface area (Å²) in [4.78, 5) is 25.3. The minimum Gasteiger partial charge on any atom is -0.452 e. The van der Waals surface area contributed by atoms with E-state index < -0.39 is 5.97 Å². The molecule has 4 rings (SSSR count). The Morgan fingerprint density at radius 1 is 1.00 bits per heavy atom. The number of aryl methyl sites for hydroxylation is 2. The molecule has 0 N–H and O–H groups in total. The zero-order valence-corrected chi connectivity index (χ0v) is 17.4. The SMILES string of the molecule is Cc1ccccc1C(=O)Oc1cc(C)c2c(c1)O/C(=C\c1ccccc1Br)C2=O. The van der Waals surface area contributed by atoms with Gasteiger partial charge in [-0.25, -0.2) is 4.79 Å². The van der Waals surface area contributed by atoms with Gasteiger partial charge >= 0.3 is 5.97 Å². The third-order valence-electron chi connectivity index (χ3n) is 4.71. The molecule has 0 saturated heterocycles. The van der Waals surface area contributed by atoms with Gasteiger partial charge in [0.2, 0.25) is 5.78 Å². The van der Waals surface area contributed by atoms with E-state index in [0.717, 1.165) is 15.6 Å². The van der Waals surface area contributed by atoms with Crippen molar-refractivity contribution in [1.29, 1.82) is 0 Å². The monoisotopic (exact) mass is 448 g/mol. The highest BCUT2D eigenvalue weighted by Crippen LogP contribution is 2.38. The van der Waals surface area contributed by atoms with Crippen molar-refractivity contribution in [1.82, 2.24) is 0 Å².